The van der Waals surface area contributed by atoms with E-state index in [1.807, 2.05) is 24.3 Å². The minimum Gasteiger partial charge on any atom is -0.511 e. The number of benzene rings is 2. The highest BCUT2D eigenvalue weighted by Crippen LogP contribution is 2.48. The summed E-state index contributed by atoms with van der Waals surface area (Å²) in [4.78, 5) is 0. The van der Waals surface area contributed by atoms with Crippen LogP contribution in [-0.2, 0) is 0 Å². The largest absolute Gasteiger partial charge is 0.511 e. The average Bonchev–Trinajstić information content (AvgIpc) is 2.63. The Morgan fingerprint density at radius 2 is 1.45 bits per heavy atom. The van der Waals surface area contributed by atoms with E-state index in [9.17, 15) is 0 Å². The highest BCUT2D eigenvalue weighted by atomic mass is 79.9. The van der Waals surface area contributed by atoms with Gasteiger partial charge in [0, 0.05) is 22.2 Å². The summed E-state index contributed by atoms with van der Waals surface area (Å²) in [6, 6.07) is 14.4. The maximum Gasteiger partial charge on any atom is 0.465 e. The van der Waals surface area contributed by atoms with Gasteiger partial charge >= 0.3 is 8.56 Å². The molecule has 0 unspecified atom stereocenters. The number of halogens is 1. The second-order valence-corrected chi connectivity index (χ2v) is 11.4. The molecule has 0 bridgehead atoms. The van der Waals surface area contributed by atoms with Crippen LogP contribution in [0.2, 0.25) is 11.1 Å². The van der Waals surface area contributed by atoms with Gasteiger partial charge in [0.2, 0.25) is 0 Å². The Labute approximate surface area is 141 Å². The van der Waals surface area contributed by atoms with Crippen LogP contribution in [0.4, 0.5) is 0 Å². The molecule has 0 saturated carbocycles. The molecule has 0 aromatic heterocycles. The lowest BCUT2D eigenvalue weighted by atomic mass is 10.0. The molecule has 1 heterocycles. The zero-order valence-corrected chi connectivity index (χ0v) is 16.0. The fourth-order valence-corrected chi connectivity index (χ4v) is 7.07. The first kappa shape index (κ1) is 15.6. The molecule has 2 aromatic carbocycles. The molecule has 0 amide bonds. The second-order valence-electron chi connectivity index (χ2n) is 6.35. The summed E-state index contributed by atoms with van der Waals surface area (Å²) >= 11 is 3.66. The third kappa shape index (κ3) is 2.38. The molecule has 1 aliphatic rings. The predicted octanol–water partition coefficient (Wildman–Crippen LogP) is 6.15. The fourth-order valence-electron chi connectivity index (χ4n) is 3.09. The first-order chi connectivity index (χ1) is 10.5. The summed E-state index contributed by atoms with van der Waals surface area (Å²) in [7, 11) is -2.45. The Hall–Kier alpha value is -1.26. The number of hydrogen-bond acceptors (Lipinski definition) is 2. The van der Waals surface area contributed by atoms with E-state index in [4.69, 9.17) is 8.85 Å². The van der Waals surface area contributed by atoms with E-state index in [0.717, 1.165) is 27.1 Å². The van der Waals surface area contributed by atoms with Crippen molar-refractivity contribution in [2.75, 3.05) is 0 Å². The molecule has 0 N–H and O–H groups in total. The smallest absolute Gasteiger partial charge is 0.465 e. The minimum absolute atomic E-state index is 0.346. The SMILES string of the molecule is CC(C)[Si]1(C(C)C)Oc2ccccc2-c2cccc(Br)c2O1. The molecule has 0 radical (unpaired) electrons. The molecule has 0 aliphatic carbocycles. The second kappa shape index (κ2) is 5.74. The molecule has 0 saturated heterocycles. The van der Waals surface area contributed by atoms with Gasteiger partial charge in [-0.3, -0.25) is 0 Å². The van der Waals surface area contributed by atoms with Gasteiger partial charge in [-0.2, -0.15) is 0 Å². The Kier molecular flexibility index (Phi) is 4.08. The maximum atomic E-state index is 6.65. The highest BCUT2D eigenvalue weighted by molar-refractivity contribution is 9.10. The maximum absolute atomic E-state index is 6.65. The highest BCUT2D eigenvalue weighted by Gasteiger charge is 2.51. The first-order valence-corrected chi connectivity index (χ1v) is 10.5. The van der Waals surface area contributed by atoms with Crippen molar-refractivity contribution in [2.45, 2.75) is 38.8 Å². The van der Waals surface area contributed by atoms with Crippen LogP contribution in [0.3, 0.4) is 0 Å². The van der Waals surface area contributed by atoms with Crippen LogP contribution in [0.5, 0.6) is 11.5 Å². The molecule has 22 heavy (non-hydrogen) atoms. The van der Waals surface area contributed by atoms with Gasteiger partial charge in [-0.15, -0.1) is 0 Å². The summed E-state index contributed by atoms with van der Waals surface area (Å²) in [5.41, 5.74) is 2.90. The van der Waals surface area contributed by atoms with Crippen molar-refractivity contribution in [1.29, 1.82) is 0 Å². The van der Waals surface area contributed by atoms with Crippen molar-refractivity contribution >= 4 is 24.5 Å². The number of fused-ring (bicyclic) bond motifs is 3. The van der Waals surface area contributed by atoms with Crippen LogP contribution in [0.25, 0.3) is 11.1 Å². The van der Waals surface area contributed by atoms with E-state index in [-0.39, 0.29) is 0 Å². The van der Waals surface area contributed by atoms with Gasteiger partial charge in [-0.25, -0.2) is 0 Å². The van der Waals surface area contributed by atoms with Crippen molar-refractivity contribution in [3.8, 4) is 22.6 Å². The van der Waals surface area contributed by atoms with Gasteiger partial charge in [0.1, 0.15) is 11.5 Å². The van der Waals surface area contributed by atoms with Crippen molar-refractivity contribution in [2.24, 2.45) is 0 Å². The topological polar surface area (TPSA) is 18.5 Å². The third-order valence-corrected chi connectivity index (χ3v) is 9.19. The van der Waals surface area contributed by atoms with Gasteiger partial charge in [0.25, 0.3) is 0 Å². The van der Waals surface area contributed by atoms with Crippen LogP contribution < -0.4 is 8.85 Å². The van der Waals surface area contributed by atoms with Crippen molar-refractivity contribution in [3.05, 3.63) is 46.9 Å². The van der Waals surface area contributed by atoms with Crippen LogP contribution in [-0.4, -0.2) is 8.56 Å². The average molecular weight is 377 g/mol. The Morgan fingerprint density at radius 3 is 2.14 bits per heavy atom. The summed E-state index contributed by atoms with van der Waals surface area (Å²) in [6.45, 7) is 8.82. The molecule has 0 atom stereocenters. The molecular formula is C18H21BrO2Si. The summed E-state index contributed by atoms with van der Waals surface area (Å²) in [6.07, 6.45) is 0. The molecule has 116 valence electrons. The molecule has 1 aliphatic heterocycles. The standard InChI is InChI=1S/C18H21BrO2Si/c1-12(2)22(13(3)4)20-17-11-6-5-8-14(17)15-9-7-10-16(19)18(15)21-22/h5-13H,1-4H3. The molecular weight excluding hydrogens is 356 g/mol. The molecule has 2 aromatic rings. The van der Waals surface area contributed by atoms with Crippen molar-refractivity contribution in [3.63, 3.8) is 0 Å². The lowest BCUT2D eigenvalue weighted by molar-refractivity contribution is 0.356. The summed E-state index contributed by atoms with van der Waals surface area (Å²) in [5, 5.41) is 0. The van der Waals surface area contributed by atoms with E-state index >= 15 is 0 Å². The first-order valence-electron chi connectivity index (χ1n) is 7.71. The molecule has 3 rings (SSSR count). The molecule has 4 heteroatoms. The number of rotatable bonds is 2. The zero-order chi connectivity index (χ0) is 15.9. The zero-order valence-electron chi connectivity index (χ0n) is 13.4. The summed E-state index contributed by atoms with van der Waals surface area (Å²) < 4.78 is 14.2. The molecule has 0 fully saturated rings. The van der Waals surface area contributed by atoms with E-state index in [1.54, 1.807) is 0 Å². The van der Waals surface area contributed by atoms with E-state index < -0.39 is 8.56 Å². The van der Waals surface area contributed by atoms with Crippen LogP contribution >= 0.6 is 15.9 Å². The van der Waals surface area contributed by atoms with E-state index in [1.165, 1.54) is 0 Å². The predicted molar refractivity (Wildman–Crippen MR) is 96.8 cm³/mol. The van der Waals surface area contributed by atoms with Crippen LogP contribution in [0.1, 0.15) is 27.7 Å². The van der Waals surface area contributed by atoms with Crippen LogP contribution in [0, 0.1) is 0 Å². The van der Waals surface area contributed by atoms with Gasteiger partial charge in [-0.05, 0) is 28.1 Å². The Bertz CT molecular complexity index is 689. The van der Waals surface area contributed by atoms with E-state index in [2.05, 4.69) is 61.8 Å². The lowest BCUT2D eigenvalue weighted by Crippen LogP contribution is -2.53. The van der Waals surface area contributed by atoms with Gasteiger partial charge in [0.05, 0.1) is 4.47 Å². The Balaban J connectivity index is 2.31. The quantitative estimate of drug-likeness (QED) is 0.585. The summed E-state index contributed by atoms with van der Waals surface area (Å²) in [5.74, 6) is 1.86. The van der Waals surface area contributed by atoms with Crippen molar-refractivity contribution in [1.82, 2.24) is 0 Å². The number of para-hydroxylation sites is 2. The van der Waals surface area contributed by atoms with Gasteiger partial charge in [-0.1, -0.05) is 58.0 Å². The number of hydrogen-bond donors (Lipinski definition) is 0. The Morgan fingerprint density at radius 1 is 0.818 bits per heavy atom. The van der Waals surface area contributed by atoms with Crippen LogP contribution in [0.15, 0.2) is 46.9 Å². The van der Waals surface area contributed by atoms with Crippen molar-refractivity contribution < 1.29 is 8.85 Å². The lowest BCUT2D eigenvalue weighted by Gasteiger charge is -2.36. The van der Waals surface area contributed by atoms with Gasteiger partial charge < -0.3 is 8.85 Å². The molecule has 2 nitrogen and oxygen atoms in total. The fraction of sp³-hybridized carbons (Fsp3) is 0.333. The monoisotopic (exact) mass is 376 g/mol. The minimum atomic E-state index is -2.45. The third-order valence-electron chi connectivity index (χ3n) is 4.28. The van der Waals surface area contributed by atoms with Gasteiger partial charge in [0.15, 0.2) is 0 Å². The molecule has 0 spiro atoms. The van der Waals surface area contributed by atoms with E-state index in [0.29, 0.717) is 11.1 Å². The normalized spacial score (nSPS) is 15.6.